The van der Waals surface area contributed by atoms with Crippen molar-refractivity contribution in [1.29, 1.82) is 0 Å². The predicted octanol–water partition coefficient (Wildman–Crippen LogP) is 1.32. The number of nitrogens with two attached hydrogens (primary N) is 2. The molecule has 1 atom stereocenters. The summed E-state index contributed by atoms with van der Waals surface area (Å²) in [5.41, 5.74) is 9.16. The van der Waals surface area contributed by atoms with Gasteiger partial charge in [0.2, 0.25) is 10.0 Å². The number of primary sulfonamides is 1. The smallest absolute Gasteiger partial charge is 0.209 e. The molecule has 0 aliphatic heterocycles. The Morgan fingerprint density at radius 2 is 2.00 bits per heavy atom. The van der Waals surface area contributed by atoms with Gasteiger partial charge in [-0.3, -0.25) is 0 Å². The molecular formula is C14H22ClN3O2S. The molecule has 2 aromatic rings. The van der Waals surface area contributed by atoms with Crippen molar-refractivity contribution >= 4 is 33.3 Å². The second kappa shape index (κ2) is 6.79. The van der Waals surface area contributed by atoms with Gasteiger partial charge in [-0.05, 0) is 43.0 Å². The molecule has 0 aliphatic carbocycles. The van der Waals surface area contributed by atoms with Gasteiger partial charge in [-0.25, -0.2) is 13.6 Å². The van der Waals surface area contributed by atoms with E-state index in [1.54, 1.807) is 0 Å². The molecule has 1 aromatic carbocycles. The molecule has 7 heteroatoms. The van der Waals surface area contributed by atoms with Gasteiger partial charge < -0.3 is 10.3 Å². The molecule has 1 unspecified atom stereocenters. The average molecular weight is 332 g/mol. The lowest BCUT2D eigenvalue weighted by Gasteiger charge is -2.05. The van der Waals surface area contributed by atoms with Gasteiger partial charge in [0, 0.05) is 30.2 Å². The fraction of sp³-hybridized carbons (Fsp3) is 0.429. The van der Waals surface area contributed by atoms with Crippen molar-refractivity contribution < 1.29 is 8.42 Å². The Morgan fingerprint density at radius 1 is 1.33 bits per heavy atom. The number of aryl methyl sites for hydroxylation is 2. The number of hydrogen-bond donors (Lipinski definition) is 2. The highest BCUT2D eigenvalue weighted by Crippen LogP contribution is 2.23. The van der Waals surface area contributed by atoms with Gasteiger partial charge in [0.1, 0.15) is 0 Å². The SMILES string of the molecule is CC(N)Cc1cn(C)c2ccc(CCS(N)(=O)=O)cc12.Cl. The van der Waals surface area contributed by atoms with Gasteiger partial charge in [-0.15, -0.1) is 12.4 Å². The molecule has 0 bridgehead atoms. The third-order valence-corrected chi connectivity index (χ3v) is 4.13. The molecule has 0 amide bonds. The molecule has 0 saturated carbocycles. The number of hydrogen-bond acceptors (Lipinski definition) is 3. The predicted molar refractivity (Wildman–Crippen MR) is 89.2 cm³/mol. The van der Waals surface area contributed by atoms with Gasteiger partial charge in [0.15, 0.2) is 0 Å². The summed E-state index contributed by atoms with van der Waals surface area (Å²) in [6, 6.07) is 6.09. The maximum absolute atomic E-state index is 11.0. The number of benzene rings is 1. The molecule has 0 saturated heterocycles. The maximum Gasteiger partial charge on any atom is 0.209 e. The summed E-state index contributed by atoms with van der Waals surface area (Å²) in [6.07, 6.45) is 3.31. The summed E-state index contributed by atoms with van der Waals surface area (Å²) in [5, 5.41) is 6.18. The Bertz CT molecular complexity index is 723. The molecule has 1 aromatic heterocycles. The number of fused-ring (bicyclic) bond motifs is 1. The first-order valence-electron chi connectivity index (χ1n) is 6.59. The van der Waals surface area contributed by atoms with Crippen LogP contribution in [0.2, 0.25) is 0 Å². The number of rotatable bonds is 5. The molecule has 0 spiro atoms. The van der Waals surface area contributed by atoms with Crippen molar-refractivity contribution in [3.63, 3.8) is 0 Å². The fourth-order valence-corrected chi connectivity index (χ4v) is 2.97. The highest BCUT2D eigenvalue weighted by molar-refractivity contribution is 7.89. The third kappa shape index (κ3) is 4.71. The van der Waals surface area contributed by atoms with Gasteiger partial charge >= 0.3 is 0 Å². The van der Waals surface area contributed by atoms with Crippen molar-refractivity contribution in [2.24, 2.45) is 17.9 Å². The topological polar surface area (TPSA) is 91.1 Å². The van der Waals surface area contributed by atoms with E-state index in [1.807, 2.05) is 32.2 Å². The second-order valence-corrected chi connectivity index (χ2v) is 7.15. The summed E-state index contributed by atoms with van der Waals surface area (Å²) in [5.74, 6) is -0.0338. The Balaban J connectivity index is 0.00000220. The monoisotopic (exact) mass is 331 g/mol. The summed E-state index contributed by atoms with van der Waals surface area (Å²) in [6.45, 7) is 1.98. The fourth-order valence-electron chi connectivity index (χ4n) is 2.45. The van der Waals surface area contributed by atoms with E-state index >= 15 is 0 Å². The van der Waals surface area contributed by atoms with E-state index in [4.69, 9.17) is 10.9 Å². The summed E-state index contributed by atoms with van der Waals surface area (Å²) >= 11 is 0. The molecule has 0 aliphatic rings. The van der Waals surface area contributed by atoms with Crippen LogP contribution < -0.4 is 10.9 Å². The number of nitrogens with zero attached hydrogens (tertiary/aromatic N) is 1. The van der Waals surface area contributed by atoms with Crippen LogP contribution in [-0.4, -0.2) is 24.8 Å². The van der Waals surface area contributed by atoms with Crippen molar-refractivity contribution in [1.82, 2.24) is 4.57 Å². The Kier molecular flexibility index (Phi) is 5.81. The Labute approximate surface area is 131 Å². The molecule has 0 radical (unpaired) electrons. The maximum atomic E-state index is 11.0. The number of halogens is 1. The number of sulfonamides is 1. The quantitative estimate of drug-likeness (QED) is 0.865. The average Bonchev–Trinajstić information content (AvgIpc) is 2.62. The first-order valence-corrected chi connectivity index (χ1v) is 8.30. The second-order valence-electron chi connectivity index (χ2n) is 5.42. The van der Waals surface area contributed by atoms with Crippen molar-refractivity contribution in [2.75, 3.05) is 5.75 Å². The largest absolute Gasteiger partial charge is 0.350 e. The zero-order valence-corrected chi connectivity index (χ0v) is 13.9. The highest BCUT2D eigenvalue weighted by Gasteiger charge is 2.10. The van der Waals surface area contributed by atoms with E-state index in [2.05, 4.69) is 10.8 Å². The van der Waals surface area contributed by atoms with Crippen molar-refractivity contribution in [3.05, 3.63) is 35.5 Å². The van der Waals surface area contributed by atoms with E-state index in [9.17, 15) is 8.42 Å². The molecule has 5 nitrogen and oxygen atoms in total. The Morgan fingerprint density at radius 3 is 2.57 bits per heavy atom. The Hall–Kier alpha value is -1.08. The van der Waals surface area contributed by atoms with Gasteiger partial charge in [0.25, 0.3) is 0 Å². The molecule has 0 fully saturated rings. The minimum Gasteiger partial charge on any atom is -0.350 e. The van der Waals surface area contributed by atoms with Crippen LogP contribution in [0, 0.1) is 0 Å². The molecule has 21 heavy (non-hydrogen) atoms. The van der Waals surface area contributed by atoms with Gasteiger partial charge in [-0.2, -0.15) is 0 Å². The van der Waals surface area contributed by atoms with E-state index in [1.165, 1.54) is 5.56 Å². The van der Waals surface area contributed by atoms with E-state index in [0.29, 0.717) is 6.42 Å². The normalized spacial score (nSPS) is 13.1. The van der Waals surface area contributed by atoms with Crippen LogP contribution in [0.5, 0.6) is 0 Å². The van der Waals surface area contributed by atoms with Crippen molar-refractivity contribution in [3.8, 4) is 0 Å². The van der Waals surface area contributed by atoms with Crippen LogP contribution in [0.4, 0.5) is 0 Å². The summed E-state index contributed by atoms with van der Waals surface area (Å²) < 4.78 is 24.1. The first kappa shape index (κ1) is 18.0. The lowest BCUT2D eigenvalue weighted by molar-refractivity contribution is 0.597. The van der Waals surface area contributed by atoms with E-state index in [0.717, 1.165) is 22.9 Å². The molecular weight excluding hydrogens is 310 g/mol. The zero-order chi connectivity index (χ0) is 14.9. The van der Waals surface area contributed by atoms with Crippen LogP contribution in [0.25, 0.3) is 10.9 Å². The summed E-state index contributed by atoms with van der Waals surface area (Å²) in [4.78, 5) is 0. The molecule has 1 heterocycles. The van der Waals surface area contributed by atoms with Crippen LogP contribution in [0.1, 0.15) is 18.1 Å². The van der Waals surface area contributed by atoms with Crippen molar-refractivity contribution in [2.45, 2.75) is 25.8 Å². The van der Waals surface area contributed by atoms with Gasteiger partial charge in [0.05, 0.1) is 5.75 Å². The minimum absolute atomic E-state index is 0. The molecule has 118 valence electrons. The van der Waals surface area contributed by atoms with E-state index in [-0.39, 0.29) is 24.2 Å². The van der Waals surface area contributed by atoms with Gasteiger partial charge in [-0.1, -0.05) is 6.07 Å². The third-order valence-electron chi connectivity index (χ3n) is 3.35. The first-order chi connectivity index (χ1) is 9.26. The van der Waals surface area contributed by atoms with Crippen LogP contribution in [-0.2, 0) is 29.9 Å². The van der Waals surface area contributed by atoms with E-state index < -0.39 is 10.0 Å². The highest BCUT2D eigenvalue weighted by atomic mass is 35.5. The minimum atomic E-state index is -3.42. The molecule has 4 N–H and O–H groups in total. The number of aromatic nitrogens is 1. The lowest BCUT2D eigenvalue weighted by Crippen LogP contribution is -2.18. The van der Waals surface area contributed by atoms with Crippen LogP contribution in [0.15, 0.2) is 24.4 Å². The van der Waals surface area contributed by atoms with Crippen LogP contribution in [0.3, 0.4) is 0 Å². The standard InChI is InChI=1S/C14H21N3O2S.ClH/c1-10(15)7-12-9-17(2)14-4-3-11(8-13(12)14)5-6-20(16,18)19;/h3-4,8-10H,5-7,15H2,1-2H3,(H2,16,18,19);1H. The van der Waals surface area contributed by atoms with Crippen LogP contribution >= 0.6 is 12.4 Å². The lowest BCUT2D eigenvalue weighted by atomic mass is 10.0. The zero-order valence-electron chi connectivity index (χ0n) is 12.2. The summed E-state index contributed by atoms with van der Waals surface area (Å²) in [7, 11) is -1.43. The molecule has 2 rings (SSSR count).